The maximum Gasteiger partial charge on any atom is 0.332 e. The summed E-state index contributed by atoms with van der Waals surface area (Å²) in [5, 5.41) is 8.86. The van der Waals surface area contributed by atoms with Gasteiger partial charge in [-0.05, 0) is 18.6 Å². The van der Waals surface area contributed by atoms with E-state index >= 15 is 0 Å². The summed E-state index contributed by atoms with van der Waals surface area (Å²) in [6, 6.07) is 7.38. The minimum atomic E-state index is -0.949. The molecule has 1 aliphatic rings. The first-order valence-corrected chi connectivity index (χ1v) is 5.93. The number of carbonyl (C=O) groups is 1. The zero-order valence-electron chi connectivity index (χ0n) is 10.2. The second-order valence-corrected chi connectivity index (χ2v) is 4.07. The molecular weight excluding hydrogens is 236 g/mol. The number of rotatable bonds is 5. The minimum Gasteiger partial charge on any atom is -0.486 e. The van der Waals surface area contributed by atoms with Crippen molar-refractivity contribution < 1.29 is 24.1 Å². The van der Waals surface area contributed by atoms with Crippen LogP contribution in [-0.2, 0) is 9.53 Å². The molecule has 0 saturated heterocycles. The summed E-state index contributed by atoms with van der Waals surface area (Å²) in [7, 11) is 0. The molecule has 2 unspecified atom stereocenters. The van der Waals surface area contributed by atoms with E-state index in [0.717, 1.165) is 0 Å². The first-order valence-electron chi connectivity index (χ1n) is 5.93. The van der Waals surface area contributed by atoms with Crippen molar-refractivity contribution in [1.29, 1.82) is 0 Å². The van der Waals surface area contributed by atoms with Crippen LogP contribution in [0.3, 0.4) is 0 Å². The van der Waals surface area contributed by atoms with Crippen LogP contribution in [0.1, 0.15) is 13.3 Å². The summed E-state index contributed by atoms with van der Waals surface area (Å²) in [6.07, 6.45) is -0.626. The second-order valence-electron chi connectivity index (χ2n) is 4.07. The fraction of sp³-hybridized carbons (Fsp3) is 0.462. The number of ether oxygens (including phenoxy) is 3. The van der Waals surface area contributed by atoms with Crippen LogP contribution in [0.15, 0.2) is 24.3 Å². The molecule has 0 fully saturated rings. The first kappa shape index (κ1) is 12.7. The van der Waals surface area contributed by atoms with E-state index in [1.165, 1.54) is 0 Å². The zero-order valence-corrected chi connectivity index (χ0v) is 10.2. The number of carboxylic acids is 1. The van der Waals surface area contributed by atoms with Gasteiger partial charge in [-0.3, -0.25) is 0 Å². The van der Waals surface area contributed by atoms with Crippen LogP contribution in [0.25, 0.3) is 0 Å². The molecular formula is C13H16O5. The molecule has 1 heterocycles. The Labute approximate surface area is 105 Å². The predicted molar refractivity (Wildman–Crippen MR) is 64.0 cm³/mol. The highest BCUT2D eigenvalue weighted by atomic mass is 16.6. The van der Waals surface area contributed by atoms with E-state index in [9.17, 15) is 4.79 Å². The summed E-state index contributed by atoms with van der Waals surface area (Å²) in [5.41, 5.74) is 0. The number of hydrogen-bond acceptors (Lipinski definition) is 4. The molecule has 98 valence electrons. The monoisotopic (exact) mass is 252 g/mol. The van der Waals surface area contributed by atoms with Crippen LogP contribution < -0.4 is 9.47 Å². The SMILES string of the molecule is CCC(OCC1COc2ccccc2O1)C(=O)O. The molecule has 0 saturated carbocycles. The van der Waals surface area contributed by atoms with E-state index < -0.39 is 12.1 Å². The average Bonchev–Trinajstić information content (AvgIpc) is 2.39. The lowest BCUT2D eigenvalue weighted by Gasteiger charge is -2.27. The number of fused-ring (bicyclic) bond motifs is 1. The van der Waals surface area contributed by atoms with Gasteiger partial charge in [0.05, 0.1) is 6.61 Å². The van der Waals surface area contributed by atoms with E-state index in [-0.39, 0.29) is 12.7 Å². The Kier molecular flexibility index (Phi) is 4.04. The van der Waals surface area contributed by atoms with Crippen LogP contribution >= 0.6 is 0 Å². The molecule has 1 aromatic carbocycles. The van der Waals surface area contributed by atoms with Crippen molar-refractivity contribution in [2.75, 3.05) is 13.2 Å². The lowest BCUT2D eigenvalue weighted by Crippen LogP contribution is -2.36. The Morgan fingerprint density at radius 3 is 2.89 bits per heavy atom. The number of hydrogen-bond donors (Lipinski definition) is 1. The third-order valence-corrected chi connectivity index (χ3v) is 2.70. The highest BCUT2D eigenvalue weighted by Gasteiger charge is 2.23. The molecule has 0 amide bonds. The van der Waals surface area contributed by atoms with Crippen molar-refractivity contribution in [3.8, 4) is 11.5 Å². The van der Waals surface area contributed by atoms with Gasteiger partial charge in [-0.2, -0.15) is 0 Å². The molecule has 18 heavy (non-hydrogen) atoms. The molecule has 0 spiro atoms. The third-order valence-electron chi connectivity index (χ3n) is 2.70. The Morgan fingerprint density at radius 1 is 1.50 bits per heavy atom. The van der Waals surface area contributed by atoms with Gasteiger partial charge in [0.25, 0.3) is 0 Å². The van der Waals surface area contributed by atoms with Gasteiger partial charge in [0.15, 0.2) is 23.7 Å². The molecule has 5 nitrogen and oxygen atoms in total. The van der Waals surface area contributed by atoms with Crippen LogP contribution in [0.2, 0.25) is 0 Å². The van der Waals surface area contributed by atoms with E-state index in [0.29, 0.717) is 24.5 Å². The van der Waals surface area contributed by atoms with Crippen molar-refractivity contribution in [3.63, 3.8) is 0 Å². The summed E-state index contributed by atoms with van der Waals surface area (Å²) in [6.45, 7) is 2.35. The maximum atomic E-state index is 10.8. The number of benzene rings is 1. The highest BCUT2D eigenvalue weighted by molar-refractivity contribution is 5.72. The van der Waals surface area contributed by atoms with Crippen molar-refractivity contribution in [2.45, 2.75) is 25.6 Å². The summed E-state index contributed by atoms with van der Waals surface area (Å²) < 4.78 is 16.5. The smallest absolute Gasteiger partial charge is 0.332 e. The van der Waals surface area contributed by atoms with Gasteiger partial charge in [-0.1, -0.05) is 19.1 Å². The molecule has 2 atom stereocenters. The van der Waals surface area contributed by atoms with Crippen LogP contribution in [0.4, 0.5) is 0 Å². The Morgan fingerprint density at radius 2 is 2.22 bits per heavy atom. The fourth-order valence-corrected chi connectivity index (χ4v) is 1.73. The summed E-state index contributed by atoms with van der Waals surface area (Å²) >= 11 is 0. The van der Waals surface area contributed by atoms with Crippen molar-refractivity contribution >= 4 is 5.97 Å². The maximum absolute atomic E-state index is 10.8. The van der Waals surface area contributed by atoms with Gasteiger partial charge in [-0.25, -0.2) is 4.79 Å². The first-order chi connectivity index (χ1) is 8.70. The molecule has 1 N–H and O–H groups in total. The van der Waals surface area contributed by atoms with Gasteiger partial charge in [-0.15, -0.1) is 0 Å². The largest absolute Gasteiger partial charge is 0.486 e. The molecule has 2 rings (SSSR count). The normalized spacial score (nSPS) is 19.3. The lowest BCUT2D eigenvalue weighted by molar-refractivity contribution is -0.152. The Bertz CT molecular complexity index is 418. The Hall–Kier alpha value is -1.75. The molecule has 0 radical (unpaired) electrons. The van der Waals surface area contributed by atoms with Crippen molar-refractivity contribution in [2.24, 2.45) is 0 Å². The number of aliphatic carboxylic acids is 1. The van der Waals surface area contributed by atoms with Crippen LogP contribution in [-0.4, -0.2) is 36.5 Å². The molecule has 0 bridgehead atoms. The molecule has 1 aromatic rings. The average molecular weight is 252 g/mol. The van der Waals surface area contributed by atoms with E-state index in [1.54, 1.807) is 6.92 Å². The molecule has 0 aliphatic carbocycles. The minimum absolute atomic E-state index is 0.207. The molecule has 5 heteroatoms. The van der Waals surface area contributed by atoms with Gasteiger partial charge in [0.1, 0.15) is 6.61 Å². The zero-order chi connectivity index (χ0) is 13.0. The van der Waals surface area contributed by atoms with Crippen LogP contribution in [0.5, 0.6) is 11.5 Å². The third kappa shape index (κ3) is 2.92. The van der Waals surface area contributed by atoms with E-state index in [2.05, 4.69) is 0 Å². The lowest BCUT2D eigenvalue weighted by atomic mass is 10.2. The Balaban J connectivity index is 1.88. The van der Waals surface area contributed by atoms with Gasteiger partial charge in [0.2, 0.25) is 0 Å². The van der Waals surface area contributed by atoms with Gasteiger partial charge in [0, 0.05) is 0 Å². The molecule has 0 aromatic heterocycles. The summed E-state index contributed by atoms with van der Waals surface area (Å²) in [5.74, 6) is 0.425. The number of para-hydroxylation sites is 2. The molecule has 1 aliphatic heterocycles. The number of carboxylic acid groups (broad SMARTS) is 1. The van der Waals surface area contributed by atoms with Crippen molar-refractivity contribution in [3.05, 3.63) is 24.3 Å². The van der Waals surface area contributed by atoms with Gasteiger partial charge < -0.3 is 19.3 Å². The summed E-state index contributed by atoms with van der Waals surface area (Å²) in [4.78, 5) is 10.8. The van der Waals surface area contributed by atoms with Gasteiger partial charge >= 0.3 is 5.97 Å². The standard InChI is InChI=1S/C13H16O5/c1-2-10(13(14)15)16-7-9-8-17-11-5-3-4-6-12(11)18-9/h3-6,9-10H,2,7-8H2,1H3,(H,14,15). The van der Waals surface area contributed by atoms with E-state index in [1.807, 2.05) is 24.3 Å². The topological polar surface area (TPSA) is 65.0 Å². The highest BCUT2D eigenvalue weighted by Crippen LogP contribution is 2.30. The quantitative estimate of drug-likeness (QED) is 0.864. The van der Waals surface area contributed by atoms with E-state index in [4.69, 9.17) is 19.3 Å². The fourth-order valence-electron chi connectivity index (χ4n) is 1.73. The van der Waals surface area contributed by atoms with Crippen LogP contribution in [0, 0.1) is 0 Å². The predicted octanol–water partition coefficient (Wildman–Crippen LogP) is 1.71. The second kappa shape index (κ2) is 5.73. The van der Waals surface area contributed by atoms with Crippen molar-refractivity contribution in [1.82, 2.24) is 0 Å².